The number of imide groups is 1. The number of amides is 2. The van der Waals surface area contributed by atoms with Crippen LogP contribution in [0.1, 0.15) is 59.2 Å². The van der Waals surface area contributed by atoms with Gasteiger partial charge in [-0.2, -0.15) is 0 Å². The number of rotatable bonds is 3. The van der Waals surface area contributed by atoms with Crippen molar-refractivity contribution in [1.82, 2.24) is 4.90 Å². The fraction of sp³-hybridized carbons (Fsp3) is 0.550. The van der Waals surface area contributed by atoms with E-state index in [2.05, 4.69) is 0 Å². The predicted molar refractivity (Wildman–Crippen MR) is 90.4 cm³/mol. The summed E-state index contributed by atoms with van der Waals surface area (Å²) in [5.41, 5.74) is -1.03. The second-order valence-electron chi connectivity index (χ2n) is 8.81. The van der Waals surface area contributed by atoms with Gasteiger partial charge in [-0.05, 0) is 62.5 Å². The van der Waals surface area contributed by atoms with Gasteiger partial charge < -0.3 is 10.2 Å². The summed E-state index contributed by atoms with van der Waals surface area (Å²) in [5, 5.41) is 21.0. The first-order valence-corrected chi connectivity index (χ1v) is 9.24. The molecule has 6 rings (SSSR count). The molecule has 26 heavy (non-hydrogen) atoms. The van der Waals surface area contributed by atoms with E-state index < -0.39 is 34.8 Å². The van der Waals surface area contributed by atoms with Crippen LogP contribution in [-0.2, 0) is 4.79 Å². The van der Waals surface area contributed by atoms with Crippen molar-refractivity contribution in [3.8, 4) is 0 Å². The highest BCUT2D eigenvalue weighted by Crippen LogP contribution is 2.63. The first kappa shape index (κ1) is 16.0. The third-order valence-electron chi connectivity index (χ3n) is 6.97. The van der Waals surface area contributed by atoms with Crippen molar-refractivity contribution < 1.29 is 24.6 Å². The molecule has 4 bridgehead atoms. The van der Waals surface area contributed by atoms with Crippen LogP contribution in [0.25, 0.3) is 0 Å². The summed E-state index contributed by atoms with van der Waals surface area (Å²) in [6.45, 7) is 0. The number of aliphatic hydroxyl groups is 1. The minimum absolute atomic E-state index is 0.271. The van der Waals surface area contributed by atoms with Crippen LogP contribution in [0, 0.1) is 17.3 Å². The molecule has 0 spiro atoms. The molecule has 1 aliphatic heterocycles. The molecular formula is C20H21NO5. The lowest BCUT2D eigenvalue weighted by Crippen LogP contribution is -2.65. The first-order valence-electron chi connectivity index (χ1n) is 9.24. The van der Waals surface area contributed by atoms with Crippen LogP contribution in [0.3, 0.4) is 0 Å². The average molecular weight is 355 g/mol. The topological polar surface area (TPSA) is 94.9 Å². The summed E-state index contributed by atoms with van der Waals surface area (Å²) in [6.07, 6.45) is 4.11. The number of carbonyl (C=O) groups excluding carboxylic acids is 2. The lowest BCUT2D eigenvalue weighted by molar-refractivity contribution is -0.188. The Bertz CT molecular complexity index is 797. The van der Waals surface area contributed by atoms with E-state index in [0.29, 0.717) is 32.1 Å². The monoisotopic (exact) mass is 355 g/mol. The molecule has 1 aromatic rings. The smallest absolute Gasteiger partial charge is 0.327 e. The van der Waals surface area contributed by atoms with Gasteiger partial charge in [0.25, 0.3) is 11.8 Å². The SMILES string of the molecule is O=C(O)C(N1C(=O)c2ccccc2C1=O)C12CC3CC(CC(O)(C3)C1)C2. The summed E-state index contributed by atoms with van der Waals surface area (Å²) in [6, 6.07) is 5.28. The molecular weight excluding hydrogens is 334 g/mol. The number of fused-ring (bicyclic) bond motifs is 1. The summed E-state index contributed by atoms with van der Waals surface area (Å²) < 4.78 is 0. The van der Waals surface area contributed by atoms with Crippen LogP contribution in [0.15, 0.2) is 24.3 Å². The Hall–Kier alpha value is -2.21. The maximum atomic E-state index is 12.9. The van der Waals surface area contributed by atoms with E-state index in [1.54, 1.807) is 24.3 Å². The molecule has 1 aromatic carbocycles. The van der Waals surface area contributed by atoms with E-state index in [4.69, 9.17) is 0 Å². The van der Waals surface area contributed by atoms with Crippen molar-refractivity contribution in [1.29, 1.82) is 0 Å². The van der Waals surface area contributed by atoms with Gasteiger partial charge in [0, 0.05) is 5.41 Å². The van der Waals surface area contributed by atoms with Crippen LogP contribution in [0.4, 0.5) is 0 Å². The van der Waals surface area contributed by atoms with Crippen molar-refractivity contribution >= 4 is 17.8 Å². The second-order valence-corrected chi connectivity index (χ2v) is 8.81. The highest BCUT2D eigenvalue weighted by atomic mass is 16.4. The van der Waals surface area contributed by atoms with E-state index in [0.717, 1.165) is 11.3 Å². The number of aliphatic carboxylic acids is 1. The molecule has 3 unspecified atom stereocenters. The third-order valence-corrected chi connectivity index (χ3v) is 6.97. The van der Waals surface area contributed by atoms with Gasteiger partial charge in [0.1, 0.15) is 6.04 Å². The molecule has 4 aliphatic carbocycles. The molecule has 1 heterocycles. The minimum Gasteiger partial charge on any atom is -0.480 e. The van der Waals surface area contributed by atoms with Crippen LogP contribution in [0.5, 0.6) is 0 Å². The zero-order chi connectivity index (χ0) is 18.3. The van der Waals surface area contributed by atoms with E-state index in [1.165, 1.54) is 0 Å². The molecule has 3 atom stereocenters. The number of carboxylic acid groups (broad SMARTS) is 1. The van der Waals surface area contributed by atoms with Crippen LogP contribution >= 0.6 is 0 Å². The Morgan fingerprint density at radius 2 is 1.58 bits per heavy atom. The molecule has 0 saturated heterocycles. The maximum absolute atomic E-state index is 12.9. The average Bonchev–Trinajstić information content (AvgIpc) is 2.78. The van der Waals surface area contributed by atoms with Crippen LogP contribution < -0.4 is 0 Å². The molecule has 2 amide bonds. The predicted octanol–water partition coefficient (Wildman–Crippen LogP) is 2.07. The van der Waals surface area contributed by atoms with Crippen molar-refractivity contribution in [3.63, 3.8) is 0 Å². The van der Waals surface area contributed by atoms with Crippen LogP contribution in [0.2, 0.25) is 0 Å². The van der Waals surface area contributed by atoms with Crippen molar-refractivity contribution in [2.24, 2.45) is 17.3 Å². The highest BCUT2D eigenvalue weighted by molar-refractivity contribution is 6.22. The zero-order valence-electron chi connectivity index (χ0n) is 14.4. The lowest BCUT2D eigenvalue weighted by Gasteiger charge is -2.62. The number of hydrogen-bond donors (Lipinski definition) is 2. The fourth-order valence-electron chi connectivity index (χ4n) is 6.69. The van der Waals surface area contributed by atoms with Crippen molar-refractivity contribution in [2.45, 2.75) is 50.2 Å². The molecule has 6 heteroatoms. The van der Waals surface area contributed by atoms with Crippen molar-refractivity contribution in [2.75, 3.05) is 0 Å². The van der Waals surface area contributed by atoms with E-state index in [-0.39, 0.29) is 23.0 Å². The number of carboxylic acids is 1. The minimum atomic E-state index is -1.22. The number of nitrogens with zero attached hydrogens (tertiary/aromatic N) is 1. The normalized spacial score (nSPS) is 38.6. The van der Waals surface area contributed by atoms with Gasteiger partial charge in [0.05, 0.1) is 16.7 Å². The molecule has 0 aromatic heterocycles. The van der Waals surface area contributed by atoms with Crippen LogP contribution in [-0.4, -0.2) is 44.5 Å². The second kappa shape index (κ2) is 4.94. The third kappa shape index (κ3) is 1.99. The lowest BCUT2D eigenvalue weighted by atomic mass is 9.46. The highest BCUT2D eigenvalue weighted by Gasteiger charge is 2.64. The van der Waals surface area contributed by atoms with E-state index in [1.807, 2.05) is 0 Å². The van der Waals surface area contributed by atoms with E-state index in [9.17, 15) is 24.6 Å². The Morgan fingerprint density at radius 3 is 2.04 bits per heavy atom. The Morgan fingerprint density at radius 1 is 1.04 bits per heavy atom. The first-order chi connectivity index (χ1) is 12.3. The van der Waals surface area contributed by atoms with E-state index >= 15 is 0 Å². The Kier molecular flexibility index (Phi) is 3.04. The molecule has 136 valence electrons. The van der Waals surface area contributed by atoms with Gasteiger partial charge >= 0.3 is 5.97 Å². The zero-order valence-corrected chi connectivity index (χ0v) is 14.4. The van der Waals surface area contributed by atoms with Gasteiger partial charge in [-0.3, -0.25) is 14.5 Å². The summed E-state index contributed by atoms with van der Waals surface area (Å²) >= 11 is 0. The quantitative estimate of drug-likeness (QED) is 0.810. The summed E-state index contributed by atoms with van der Waals surface area (Å²) in [7, 11) is 0. The van der Waals surface area contributed by atoms with Gasteiger partial charge in [0.2, 0.25) is 0 Å². The Labute approximate surface area is 150 Å². The summed E-state index contributed by atoms with van der Waals surface area (Å²) in [5.74, 6) is -1.65. The summed E-state index contributed by atoms with van der Waals surface area (Å²) in [4.78, 5) is 39.1. The Balaban J connectivity index is 1.60. The van der Waals surface area contributed by atoms with Gasteiger partial charge in [-0.15, -0.1) is 0 Å². The van der Waals surface area contributed by atoms with Gasteiger partial charge in [-0.1, -0.05) is 12.1 Å². The standard InChI is InChI=1S/C20H21NO5/c22-16-13-3-1-2-4-14(13)17(23)21(16)15(18(24)25)19-6-11-5-12(7-19)9-20(26,8-11)10-19/h1-4,11-12,15,26H,5-10H2,(H,24,25). The molecule has 2 N–H and O–H groups in total. The van der Waals surface area contributed by atoms with Gasteiger partial charge in [0.15, 0.2) is 0 Å². The number of benzene rings is 1. The largest absolute Gasteiger partial charge is 0.480 e. The number of carbonyl (C=O) groups is 3. The maximum Gasteiger partial charge on any atom is 0.327 e. The molecule has 0 radical (unpaired) electrons. The van der Waals surface area contributed by atoms with Gasteiger partial charge in [-0.25, -0.2) is 4.79 Å². The van der Waals surface area contributed by atoms with Crippen molar-refractivity contribution in [3.05, 3.63) is 35.4 Å². The fourth-order valence-corrected chi connectivity index (χ4v) is 6.69. The number of hydrogen-bond acceptors (Lipinski definition) is 4. The molecule has 5 aliphatic rings. The molecule has 4 saturated carbocycles. The molecule has 6 nitrogen and oxygen atoms in total. The molecule has 4 fully saturated rings.